The second-order valence-corrected chi connectivity index (χ2v) is 4.52. The summed E-state index contributed by atoms with van der Waals surface area (Å²) >= 11 is 0. The lowest BCUT2D eigenvalue weighted by Crippen LogP contribution is -2.29. The lowest BCUT2D eigenvalue weighted by molar-refractivity contribution is 0.228. The average Bonchev–Trinajstić information content (AvgIpc) is 2.73. The Bertz CT molecular complexity index is 729. The van der Waals surface area contributed by atoms with Crippen LogP contribution in [0.25, 0.3) is 11.2 Å². The van der Waals surface area contributed by atoms with Gasteiger partial charge in [-0.2, -0.15) is 4.98 Å². The Labute approximate surface area is 113 Å². The smallest absolute Gasteiger partial charge is 0.329 e. The molecule has 0 aromatic carbocycles. The van der Waals surface area contributed by atoms with Crippen molar-refractivity contribution < 1.29 is 10.2 Å². The van der Waals surface area contributed by atoms with Gasteiger partial charge in [-0.05, 0) is 6.42 Å². The van der Waals surface area contributed by atoms with Gasteiger partial charge in [-0.15, -0.1) is 0 Å². The lowest BCUT2D eigenvalue weighted by Gasteiger charge is -2.15. The molecular formula is C11H17N5O4. The molecule has 0 saturated heterocycles. The number of imidazole rings is 1. The van der Waals surface area contributed by atoms with Crippen LogP contribution < -0.4 is 16.6 Å². The van der Waals surface area contributed by atoms with E-state index >= 15 is 0 Å². The highest BCUT2D eigenvalue weighted by molar-refractivity contribution is 5.73. The number of aromatic nitrogens is 4. The molecule has 0 spiro atoms. The molecular weight excluding hydrogens is 266 g/mol. The number of nitrogens with one attached hydrogen (secondary N) is 2. The molecule has 1 atom stereocenters. The molecule has 9 nitrogen and oxygen atoms in total. The van der Waals surface area contributed by atoms with E-state index in [9.17, 15) is 14.7 Å². The minimum atomic E-state index is -0.541. The van der Waals surface area contributed by atoms with Gasteiger partial charge in [0.2, 0.25) is 5.95 Å². The lowest BCUT2D eigenvalue weighted by atomic mass is 10.2. The fourth-order valence-corrected chi connectivity index (χ4v) is 1.98. The average molecular weight is 283 g/mol. The Morgan fingerprint density at radius 2 is 2.00 bits per heavy atom. The van der Waals surface area contributed by atoms with Gasteiger partial charge in [0.1, 0.15) is 0 Å². The zero-order chi connectivity index (χ0) is 14.9. The number of aliphatic hydroxyl groups excluding tert-OH is 2. The van der Waals surface area contributed by atoms with Crippen LogP contribution in [0.1, 0.15) is 6.42 Å². The maximum Gasteiger partial charge on any atom is 0.329 e. The van der Waals surface area contributed by atoms with E-state index in [0.29, 0.717) is 12.4 Å². The highest BCUT2D eigenvalue weighted by Crippen LogP contribution is 2.14. The van der Waals surface area contributed by atoms with E-state index in [4.69, 9.17) is 5.11 Å². The van der Waals surface area contributed by atoms with Crippen molar-refractivity contribution >= 4 is 17.1 Å². The normalized spacial score (nSPS) is 12.8. The standard InChI is InChI=1S/C11H17N5O4/c1-15-7-8(16(2)11(20)14-9(7)19)13-10(15)12-6(5-18)3-4-17/h6,17-18H,3-5H2,1-2H3,(H,12,13)(H,14,19,20). The van der Waals surface area contributed by atoms with Gasteiger partial charge < -0.3 is 20.1 Å². The number of aliphatic hydroxyl groups is 2. The fourth-order valence-electron chi connectivity index (χ4n) is 1.98. The Morgan fingerprint density at radius 3 is 2.60 bits per heavy atom. The van der Waals surface area contributed by atoms with Crippen LogP contribution in [0.4, 0.5) is 5.95 Å². The molecule has 2 aromatic rings. The molecule has 20 heavy (non-hydrogen) atoms. The number of nitrogens with zero attached hydrogens (tertiary/aromatic N) is 3. The van der Waals surface area contributed by atoms with Crippen LogP contribution in [0.5, 0.6) is 0 Å². The van der Waals surface area contributed by atoms with E-state index in [0.717, 1.165) is 0 Å². The molecule has 0 saturated carbocycles. The first-order valence-electron chi connectivity index (χ1n) is 6.13. The van der Waals surface area contributed by atoms with E-state index in [1.165, 1.54) is 16.2 Å². The van der Waals surface area contributed by atoms with Gasteiger partial charge in [0.25, 0.3) is 5.56 Å². The van der Waals surface area contributed by atoms with Crippen LogP contribution in [0.2, 0.25) is 0 Å². The quantitative estimate of drug-likeness (QED) is 0.509. The molecule has 0 fully saturated rings. The van der Waals surface area contributed by atoms with Gasteiger partial charge in [-0.1, -0.05) is 0 Å². The Balaban J connectivity index is 2.54. The topological polar surface area (TPSA) is 125 Å². The van der Waals surface area contributed by atoms with E-state index in [2.05, 4.69) is 15.3 Å². The van der Waals surface area contributed by atoms with Gasteiger partial charge in [-0.25, -0.2) is 4.79 Å². The van der Waals surface area contributed by atoms with Crippen LogP contribution >= 0.6 is 0 Å². The summed E-state index contributed by atoms with van der Waals surface area (Å²) in [5.41, 5.74) is -0.546. The summed E-state index contributed by atoms with van der Waals surface area (Å²) in [6.45, 7) is -0.264. The van der Waals surface area contributed by atoms with Crippen molar-refractivity contribution in [1.29, 1.82) is 0 Å². The van der Waals surface area contributed by atoms with Gasteiger partial charge in [0.15, 0.2) is 11.2 Å². The van der Waals surface area contributed by atoms with Gasteiger partial charge in [-0.3, -0.25) is 14.3 Å². The summed E-state index contributed by atoms with van der Waals surface area (Å²) in [4.78, 5) is 29.7. The second-order valence-electron chi connectivity index (χ2n) is 4.52. The van der Waals surface area contributed by atoms with Crippen molar-refractivity contribution in [2.24, 2.45) is 14.1 Å². The largest absolute Gasteiger partial charge is 0.396 e. The van der Waals surface area contributed by atoms with Crippen molar-refractivity contribution in [2.75, 3.05) is 18.5 Å². The van der Waals surface area contributed by atoms with E-state index in [-0.39, 0.29) is 30.4 Å². The molecule has 2 aromatic heterocycles. The third-order valence-electron chi connectivity index (χ3n) is 3.17. The Morgan fingerprint density at radius 1 is 1.30 bits per heavy atom. The Hall–Kier alpha value is -2.13. The van der Waals surface area contributed by atoms with E-state index in [1.807, 2.05) is 0 Å². The van der Waals surface area contributed by atoms with Crippen molar-refractivity contribution in [1.82, 2.24) is 19.1 Å². The van der Waals surface area contributed by atoms with Crippen LogP contribution in [0, 0.1) is 0 Å². The van der Waals surface area contributed by atoms with Gasteiger partial charge in [0, 0.05) is 20.7 Å². The molecule has 4 N–H and O–H groups in total. The summed E-state index contributed by atoms with van der Waals surface area (Å²) in [7, 11) is 3.14. The SMILES string of the molecule is Cn1c(NC(CO)CCO)nc2c1c(=O)[nH]c(=O)n2C. The molecule has 2 heterocycles. The summed E-state index contributed by atoms with van der Waals surface area (Å²) in [5.74, 6) is 0.346. The molecule has 0 amide bonds. The zero-order valence-electron chi connectivity index (χ0n) is 11.3. The first kappa shape index (κ1) is 14.3. The number of H-pyrrole nitrogens is 1. The molecule has 0 aliphatic heterocycles. The van der Waals surface area contributed by atoms with Gasteiger partial charge in [0.05, 0.1) is 12.6 Å². The number of anilines is 1. The maximum atomic E-state index is 11.8. The minimum Gasteiger partial charge on any atom is -0.396 e. The highest BCUT2D eigenvalue weighted by atomic mass is 16.3. The maximum absolute atomic E-state index is 11.8. The molecule has 9 heteroatoms. The van der Waals surface area contributed by atoms with Gasteiger partial charge >= 0.3 is 5.69 Å². The van der Waals surface area contributed by atoms with E-state index < -0.39 is 11.2 Å². The molecule has 2 rings (SSSR count). The first-order chi connectivity index (χ1) is 9.49. The highest BCUT2D eigenvalue weighted by Gasteiger charge is 2.17. The predicted molar refractivity (Wildman–Crippen MR) is 72.8 cm³/mol. The summed E-state index contributed by atoms with van der Waals surface area (Å²) in [5, 5.41) is 21.0. The van der Waals surface area contributed by atoms with Crippen molar-refractivity contribution in [2.45, 2.75) is 12.5 Å². The predicted octanol–water partition coefficient (Wildman–Crippen LogP) is -1.88. The molecule has 110 valence electrons. The summed E-state index contributed by atoms with van der Waals surface area (Å²) in [6.07, 6.45) is 0.342. The minimum absolute atomic E-state index is 0.0821. The molecule has 0 aliphatic carbocycles. The zero-order valence-corrected chi connectivity index (χ0v) is 11.3. The fraction of sp³-hybridized carbons (Fsp3) is 0.545. The molecule has 0 bridgehead atoms. The monoisotopic (exact) mass is 283 g/mol. The van der Waals surface area contributed by atoms with Crippen LogP contribution in [-0.4, -0.2) is 48.6 Å². The van der Waals surface area contributed by atoms with Crippen LogP contribution in [-0.2, 0) is 14.1 Å². The third kappa shape index (κ3) is 2.32. The van der Waals surface area contributed by atoms with Crippen LogP contribution in [0.3, 0.4) is 0 Å². The van der Waals surface area contributed by atoms with E-state index in [1.54, 1.807) is 7.05 Å². The van der Waals surface area contributed by atoms with Crippen molar-refractivity contribution in [3.05, 3.63) is 20.8 Å². The third-order valence-corrected chi connectivity index (χ3v) is 3.17. The van der Waals surface area contributed by atoms with Crippen LogP contribution in [0.15, 0.2) is 9.59 Å². The number of hydrogen-bond donors (Lipinski definition) is 4. The molecule has 0 radical (unpaired) electrons. The number of aryl methyl sites for hydroxylation is 2. The number of aromatic amines is 1. The van der Waals surface area contributed by atoms with Crippen molar-refractivity contribution in [3.63, 3.8) is 0 Å². The van der Waals surface area contributed by atoms with Crippen molar-refractivity contribution in [3.8, 4) is 0 Å². The number of rotatable bonds is 5. The second kappa shape index (κ2) is 5.47. The summed E-state index contributed by atoms with van der Waals surface area (Å²) < 4.78 is 2.75. The molecule has 0 aliphatic rings. The number of fused-ring (bicyclic) bond motifs is 1. The Kier molecular flexibility index (Phi) is 3.91. The molecule has 1 unspecified atom stereocenters. The number of hydrogen-bond acceptors (Lipinski definition) is 6. The summed E-state index contributed by atoms with van der Waals surface area (Å²) in [6, 6.07) is -0.383. The first-order valence-corrected chi connectivity index (χ1v) is 6.13.